The molecule has 5 heavy (non-hydrogen) atoms. The van der Waals surface area contributed by atoms with Gasteiger partial charge in [-0.3, -0.25) is 0 Å². The normalized spacial score (nSPS) is 5.80. The molecule has 0 aromatic heterocycles. The van der Waals surface area contributed by atoms with Crippen LogP contribution in [0.2, 0.25) is 0 Å². The predicted molar refractivity (Wildman–Crippen MR) is 11.6 cm³/mol. The van der Waals surface area contributed by atoms with Crippen LogP contribution in [0.4, 0.5) is 0 Å². The third kappa shape index (κ3) is 11.7. The van der Waals surface area contributed by atoms with Gasteiger partial charge in [0, 0.05) is 0 Å². The molecule has 0 aromatic carbocycles. The second kappa shape index (κ2) is 8.84. The van der Waals surface area contributed by atoms with E-state index < -0.39 is 0 Å². The average molecular weight is 135 g/mol. The van der Waals surface area contributed by atoms with Gasteiger partial charge < -0.3 is 12.4 Å². The molecule has 0 aliphatic rings. The summed E-state index contributed by atoms with van der Waals surface area (Å²) in [5.74, 6) is 0. The second-order valence-corrected chi connectivity index (χ2v) is 0.739. The standard InChI is InChI=1S/C2H5O.ClH.Mn/c1-2-3;;/h2H2,1H3;1H;/q-1;;+2/p-1. The van der Waals surface area contributed by atoms with E-state index in [0.29, 0.717) is 0 Å². The van der Waals surface area contributed by atoms with Gasteiger partial charge >= 0.3 is 33.7 Å². The molecule has 33 valence electrons. The van der Waals surface area contributed by atoms with E-state index in [9.17, 15) is 0 Å². The van der Waals surface area contributed by atoms with Crippen LogP contribution >= 0.6 is 0 Å². The van der Waals surface area contributed by atoms with Crippen LogP contribution in [0.3, 0.4) is 0 Å². The van der Waals surface area contributed by atoms with Crippen molar-refractivity contribution in [2.45, 2.75) is 6.92 Å². The first kappa shape index (κ1) is 9.24. The van der Waals surface area contributed by atoms with Gasteiger partial charge in [-0.2, -0.15) is 0 Å². The molecule has 3 heteroatoms. The Balaban J connectivity index is 0. The molecular weight excluding hydrogens is 130 g/mol. The van der Waals surface area contributed by atoms with Crippen molar-refractivity contribution in [1.82, 2.24) is 0 Å². The van der Waals surface area contributed by atoms with Crippen LogP contribution in [0.1, 0.15) is 6.92 Å². The zero-order valence-corrected chi connectivity index (χ0v) is 4.81. The molecule has 0 amide bonds. The minimum Gasteiger partial charge on any atom is -1.00 e. The van der Waals surface area contributed by atoms with Crippen LogP contribution in [0, 0.1) is 0 Å². The van der Waals surface area contributed by atoms with E-state index in [0.717, 1.165) is 6.61 Å². The molecule has 1 nitrogen and oxygen atoms in total. The third-order valence-corrected chi connectivity index (χ3v) is 0.450. The van der Waals surface area contributed by atoms with Gasteiger partial charge in [0.25, 0.3) is 0 Å². The van der Waals surface area contributed by atoms with Gasteiger partial charge in [-0.15, -0.1) is 0 Å². The van der Waals surface area contributed by atoms with E-state index in [1.54, 1.807) is 0 Å². The first-order valence-electron chi connectivity index (χ1n) is 1.15. The SMILES string of the molecule is CC[O][Mn+].[Cl-]. The summed E-state index contributed by atoms with van der Waals surface area (Å²) in [6.07, 6.45) is 0. The number of hydrogen-bond acceptors (Lipinski definition) is 1. The maximum Gasteiger partial charge on any atom is -1.00 e. The molecule has 0 heterocycles. The third-order valence-electron chi connectivity index (χ3n) is 0.109. The van der Waals surface area contributed by atoms with Crippen molar-refractivity contribution in [2.75, 3.05) is 6.61 Å². The topological polar surface area (TPSA) is 9.23 Å². The number of halogens is 1. The van der Waals surface area contributed by atoms with E-state index >= 15 is 0 Å². The quantitative estimate of drug-likeness (QED) is 0.361. The molecule has 0 bridgehead atoms. The zero-order chi connectivity index (χ0) is 3.41. The van der Waals surface area contributed by atoms with Crippen LogP contribution in [0.5, 0.6) is 0 Å². The van der Waals surface area contributed by atoms with E-state index in [1.165, 1.54) is 0 Å². The Kier molecular flexibility index (Phi) is 16.3. The molecule has 0 saturated heterocycles. The fraction of sp³-hybridized carbons (Fsp3) is 1.00. The Labute approximate surface area is 46.6 Å². The van der Waals surface area contributed by atoms with Crippen LogP contribution in [0.15, 0.2) is 0 Å². The number of hydrogen-bond donors (Lipinski definition) is 0. The largest absolute Gasteiger partial charge is 1.00 e. The molecular formula is C2H5ClMnO. The molecule has 0 atom stereocenters. The molecule has 0 aromatic rings. The van der Waals surface area contributed by atoms with E-state index in [4.69, 9.17) is 0 Å². The van der Waals surface area contributed by atoms with E-state index in [2.05, 4.69) is 20.2 Å². The minimum atomic E-state index is 0. The van der Waals surface area contributed by atoms with Gasteiger partial charge in [-0.05, 0) is 0 Å². The maximum atomic E-state index is 4.35. The molecule has 0 unspecified atom stereocenters. The van der Waals surface area contributed by atoms with Gasteiger partial charge in [-0.1, -0.05) is 0 Å². The monoisotopic (exact) mass is 135 g/mol. The van der Waals surface area contributed by atoms with Gasteiger partial charge in [0.2, 0.25) is 0 Å². The fourth-order valence-electron chi connectivity index (χ4n) is 0. The van der Waals surface area contributed by atoms with Crippen molar-refractivity contribution in [3.63, 3.8) is 0 Å². The molecule has 0 aliphatic heterocycles. The van der Waals surface area contributed by atoms with Crippen LogP contribution in [-0.2, 0) is 20.2 Å². The summed E-state index contributed by atoms with van der Waals surface area (Å²) in [7, 11) is 0. The van der Waals surface area contributed by atoms with Gasteiger partial charge in [0.1, 0.15) is 0 Å². The summed E-state index contributed by atoms with van der Waals surface area (Å²) >= 11 is 2.75. The predicted octanol–water partition coefficient (Wildman–Crippen LogP) is -2.51. The molecule has 0 N–H and O–H groups in total. The molecule has 0 aliphatic carbocycles. The molecule has 0 rings (SSSR count). The first-order valence-corrected chi connectivity index (χ1v) is 1.63. The second-order valence-electron chi connectivity index (χ2n) is 0.398. The molecule has 0 radical (unpaired) electrons. The Morgan fingerprint density at radius 2 is 2.00 bits per heavy atom. The van der Waals surface area contributed by atoms with E-state index in [-0.39, 0.29) is 12.4 Å². The Bertz CT molecular complexity index is 11.6. The van der Waals surface area contributed by atoms with Crippen molar-refractivity contribution >= 4 is 0 Å². The summed E-state index contributed by atoms with van der Waals surface area (Å²) in [5.41, 5.74) is 0. The van der Waals surface area contributed by atoms with Gasteiger partial charge in [0.05, 0.1) is 0 Å². The van der Waals surface area contributed by atoms with Crippen molar-refractivity contribution in [3.8, 4) is 0 Å². The Morgan fingerprint density at radius 1 is 1.80 bits per heavy atom. The molecule has 0 fully saturated rings. The summed E-state index contributed by atoms with van der Waals surface area (Å²) in [5, 5.41) is 0. The summed E-state index contributed by atoms with van der Waals surface area (Å²) in [4.78, 5) is 0. The van der Waals surface area contributed by atoms with Crippen LogP contribution in [0.25, 0.3) is 0 Å². The minimum absolute atomic E-state index is 0. The van der Waals surface area contributed by atoms with Gasteiger partial charge in [-0.25, -0.2) is 0 Å². The maximum absolute atomic E-state index is 4.35. The average Bonchev–Trinajstić information content (AvgIpc) is 1.37. The van der Waals surface area contributed by atoms with Crippen LogP contribution < -0.4 is 12.4 Å². The van der Waals surface area contributed by atoms with Crippen molar-refractivity contribution in [2.24, 2.45) is 0 Å². The number of rotatable bonds is 1. The molecule has 0 saturated carbocycles. The summed E-state index contributed by atoms with van der Waals surface area (Å²) in [6, 6.07) is 0. The van der Waals surface area contributed by atoms with Gasteiger partial charge in [0.15, 0.2) is 0 Å². The Hall–Kier alpha value is 0.769. The van der Waals surface area contributed by atoms with E-state index in [1.807, 2.05) is 6.92 Å². The first-order chi connectivity index (χ1) is 1.91. The van der Waals surface area contributed by atoms with Crippen LogP contribution in [-0.4, -0.2) is 6.61 Å². The summed E-state index contributed by atoms with van der Waals surface area (Å²) < 4.78 is 4.35. The smallest absolute Gasteiger partial charge is 1.00 e. The Morgan fingerprint density at radius 3 is 2.00 bits per heavy atom. The van der Waals surface area contributed by atoms with Crippen molar-refractivity contribution in [3.05, 3.63) is 0 Å². The fourth-order valence-corrected chi connectivity index (χ4v) is 0. The molecule has 0 spiro atoms. The zero-order valence-electron chi connectivity index (χ0n) is 2.87. The van der Waals surface area contributed by atoms with Crippen molar-refractivity contribution in [1.29, 1.82) is 0 Å². The summed E-state index contributed by atoms with van der Waals surface area (Å²) in [6.45, 7) is 2.65. The van der Waals surface area contributed by atoms with Crippen molar-refractivity contribution < 1.29 is 32.6 Å².